The van der Waals surface area contributed by atoms with Crippen LogP contribution in [0, 0.1) is 11.3 Å². The van der Waals surface area contributed by atoms with E-state index in [2.05, 4.69) is 23.9 Å². The molecular weight excluding hydrogens is 276 g/mol. The molecule has 3 unspecified atom stereocenters. The van der Waals surface area contributed by atoms with Crippen molar-refractivity contribution in [2.24, 2.45) is 11.3 Å². The highest BCUT2D eigenvalue weighted by Gasteiger charge is 2.57. The Bertz CT molecular complexity index is 422. The summed E-state index contributed by atoms with van der Waals surface area (Å²) in [6.45, 7) is 8.44. The summed E-state index contributed by atoms with van der Waals surface area (Å²) in [5.41, 5.74) is 0.189. The van der Waals surface area contributed by atoms with Crippen LogP contribution in [0.15, 0.2) is 0 Å². The molecule has 1 heterocycles. The maximum atomic E-state index is 11.3. The molecule has 0 aromatic carbocycles. The summed E-state index contributed by atoms with van der Waals surface area (Å²) in [4.78, 5) is 0. The second-order valence-electron chi connectivity index (χ2n) is 6.50. The monoisotopic (exact) mass is 304 g/mol. The lowest BCUT2D eigenvalue weighted by atomic mass is 9.55. The largest absolute Gasteiger partial charge is 0.377 e. The van der Waals surface area contributed by atoms with E-state index in [4.69, 9.17) is 4.74 Å². The highest BCUT2D eigenvalue weighted by atomic mass is 32.2. The summed E-state index contributed by atoms with van der Waals surface area (Å²) in [6, 6.07) is 0.496. The van der Waals surface area contributed by atoms with Crippen LogP contribution >= 0.6 is 0 Å². The molecule has 5 nitrogen and oxygen atoms in total. The first-order valence-electron chi connectivity index (χ1n) is 7.71. The number of nitrogens with one attached hydrogen (secondary N) is 2. The zero-order valence-corrected chi connectivity index (χ0v) is 13.6. The third-order valence-electron chi connectivity index (χ3n) is 4.75. The third kappa shape index (κ3) is 3.35. The fourth-order valence-electron chi connectivity index (χ4n) is 3.61. The number of fused-ring (bicyclic) bond motifs is 1. The maximum absolute atomic E-state index is 11.3. The predicted molar refractivity (Wildman–Crippen MR) is 80.1 cm³/mol. The number of hydrogen-bond acceptors (Lipinski definition) is 4. The molecule has 1 saturated heterocycles. The van der Waals surface area contributed by atoms with E-state index in [0.717, 1.165) is 26.0 Å². The van der Waals surface area contributed by atoms with Crippen molar-refractivity contribution in [2.75, 3.05) is 25.4 Å². The molecule has 0 bridgehead atoms. The van der Waals surface area contributed by atoms with E-state index >= 15 is 0 Å². The highest BCUT2D eigenvalue weighted by Crippen LogP contribution is 2.51. The van der Waals surface area contributed by atoms with Crippen molar-refractivity contribution in [3.05, 3.63) is 0 Å². The van der Waals surface area contributed by atoms with Crippen LogP contribution in [0.5, 0.6) is 0 Å². The van der Waals surface area contributed by atoms with Crippen LogP contribution in [-0.2, 0) is 14.8 Å². The number of rotatable bonds is 7. The minimum atomic E-state index is -3.05. The minimum Gasteiger partial charge on any atom is -0.377 e. The quantitative estimate of drug-likeness (QED) is 0.692. The Balaban J connectivity index is 1.69. The van der Waals surface area contributed by atoms with E-state index in [1.54, 1.807) is 6.92 Å². The summed E-state index contributed by atoms with van der Waals surface area (Å²) < 4.78 is 31.1. The first-order valence-corrected chi connectivity index (χ1v) is 9.36. The average Bonchev–Trinajstić information content (AvgIpc) is 2.42. The maximum Gasteiger partial charge on any atom is 0.211 e. The van der Waals surface area contributed by atoms with Crippen LogP contribution < -0.4 is 10.0 Å². The molecule has 0 radical (unpaired) electrons. The van der Waals surface area contributed by atoms with Crippen molar-refractivity contribution >= 4 is 10.0 Å². The molecule has 2 aliphatic rings. The van der Waals surface area contributed by atoms with Gasteiger partial charge in [-0.05, 0) is 32.7 Å². The molecule has 0 aromatic rings. The molecule has 1 aliphatic carbocycles. The van der Waals surface area contributed by atoms with Crippen LogP contribution in [0.3, 0.4) is 0 Å². The number of sulfonamides is 1. The van der Waals surface area contributed by atoms with Gasteiger partial charge < -0.3 is 10.1 Å². The van der Waals surface area contributed by atoms with Crippen LogP contribution in [0.2, 0.25) is 0 Å². The molecule has 2 fully saturated rings. The fourth-order valence-corrected chi connectivity index (χ4v) is 4.27. The van der Waals surface area contributed by atoms with Crippen LogP contribution in [0.25, 0.3) is 0 Å². The average molecular weight is 304 g/mol. The van der Waals surface area contributed by atoms with Gasteiger partial charge in [-0.25, -0.2) is 13.1 Å². The molecule has 3 atom stereocenters. The zero-order valence-electron chi connectivity index (χ0n) is 12.8. The highest BCUT2D eigenvalue weighted by molar-refractivity contribution is 7.89. The van der Waals surface area contributed by atoms with E-state index in [-0.39, 0.29) is 11.2 Å². The first-order chi connectivity index (χ1) is 9.38. The first kappa shape index (κ1) is 16.2. The smallest absolute Gasteiger partial charge is 0.211 e. The fraction of sp³-hybridized carbons (Fsp3) is 1.00. The van der Waals surface area contributed by atoms with Crippen molar-refractivity contribution in [3.8, 4) is 0 Å². The molecule has 2 N–H and O–H groups in total. The van der Waals surface area contributed by atoms with Gasteiger partial charge in [0.15, 0.2) is 0 Å². The Kier molecular flexibility index (Phi) is 5.10. The Morgan fingerprint density at radius 2 is 2.05 bits per heavy atom. The van der Waals surface area contributed by atoms with Crippen molar-refractivity contribution < 1.29 is 13.2 Å². The Labute approximate surface area is 122 Å². The lowest BCUT2D eigenvalue weighted by Gasteiger charge is -2.60. The van der Waals surface area contributed by atoms with Gasteiger partial charge in [0.1, 0.15) is 0 Å². The predicted octanol–water partition coefficient (Wildman–Crippen LogP) is 1.11. The second-order valence-corrected chi connectivity index (χ2v) is 8.60. The van der Waals surface area contributed by atoms with Gasteiger partial charge in [-0.2, -0.15) is 0 Å². The zero-order chi connectivity index (χ0) is 14.8. The van der Waals surface area contributed by atoms with E-state index in [0.29, 0.717) is 24.6 Å². The summed E-state index contributed by atoms with van der Waals surface area (Å²) >= 11 is 0. The van der Waals surface area contributed by atoms with Crippen LogP contribution in [0.4, 0.5) is 0 Å². The Morgan fingerprint density at radius 1 is 1.30 bits per heavy atom. The van der Waals surface area contributed by atoms with Crippen LogP contribution in [-0.4, -0.2) is 46.0 Å². The number of ether oxygens (including phenoxy) is 1. The van der Waals surface area contributed by atoms with Gasteiger partial charge in [-0.1, -0.05) is 13.8 Å². The van der Waals surface area contributed by atoms with E-state index < -0.39 is 10.0 Å². The van der Waals surface area contributed by atoms with Crippen molar-refractivity contribution in [2.45, 2.75) is 52.2 Å². The summed E-state index contributed by atoms with van der Waals surface area (Å²) in [7, 11) is -3.05. The Hall–Kier alpha value is -0.170. The molecule has 0 aromatic heterocycles. The molecule has 0 amide bonds. The molecule has 2 rings (SSSR count). The van der Waals surface area contributed by atoms with Gasteiger partial charge >= 0.3 is 0 Å². The minimum absolute atomic E-state index is 0.150. The molecule has 20 heavy (non-hydrogen) atoms. The van der Waals surface area contributed by atoms with Gasteiger partial charge in [0, 0.05) is 30.5 Å². The topological polar surface area (TPSA) is 67.4 Å². The third-order valence-corrected chi connectivity index (χ3v) is 6.15. The lowest BCUT2D eigenvalue weighted by molar-refractivity contribution is -0.192. The van der Waals surface area contributed by atoms with Gasteiger partial charge in [-0.15, -0.1) is 0 Å². The molecule has 118 valence electrons. The Morgan fingerprint density at radius 3 is 2.75 bits per heavy atom. The SMILES string of the molecule is CCS(=O)(=O)NCCCNC1C2CCCOC2C1(C)C. The van der Waals surface area contributed by atoms with E-state index in [9.17, 15) is 8.42 Å². The van der Waals surface area contributed by atoms with Gasteiger partial charge in [-0.3, -0.25) is 0 Å². The standard InChI is InChI=1S/C14H28N2O3S/c1-4-20(17,18)16-9-6-8-15-12-11-7-5-10-19-13(11)14(12,2)3/h11-13,15-16H,4-10H2,1-3H3. The number of hydrogen-bond donors (Lipinski definition) is 2. The van der Waals surface area contributed by atoms with Crippen molar-refractivity contribution in [1.82, 2.24) is 10.0 Å². The molecule has 1 saturated carbocycles. The normalized spacial score (nSPS) is 32.5. The summed E-state index contributed by atoms with van der Waals surface area (Å²) in [6.07, 6.45) is 3.62. The van der Waals surface area contributed by atoms with E-state index in [1.165, 1.54) is 6.42 Å². The van der Waals surface area contributed by atoms with Gasteiger partial charge in [0.2, 0.25) is 10.0 Å². The van der Waals surface area contributed by atoms with Gasteiger partial charge in [0.05, 0.1) is 11.9 Å². The van der Waals surface area contributed by atoms with Crippen molar-refractivity contribution in [3.63, 3.8) is 0 Å². The summed E-state index contributed by atoms with van der Waals surface area (Å²) in [5.74, 6) is 0.781. The molecule has 1 aliphatic heterocycles. The molecule has 6 heteroatoms. The molecular formula is C14H28N2O3S. The van der Waals surface area contributed by atoms with Crippen molar-refractivity contribution in [1.29, 1.82) is 0 Å². The lowest BCUT2D eigenvalue weighted by Crippen LogP contribution is -2.69. The van der Waals surface area contributed by atoms with Gasteiger partial charge in [0.25, 0.3) is 0 Å². The van der Waals surface area contributed by atoms with E-state index in [1.807, 2.05) is 0 Å². The molecule has 0 spiro atoms. The second kappa shape index (κ2) is 6.30. The summed E-state index contributed by atoms with van der Waals surface area (Å²) in [5, 5.41) is 3.60. The van der Waals surface area contributed by atoms with Crippen LogP contribution in [0.1, 0.15) is 40.0 Å².